The molecule has 1 aliphatic heterocycles. The van der Waals surface area contributed by atoms with E-state index in [1.165, 1.54) is 12.8 Å². The maximum absolute atomic E-state index is 12.6. The van der Waals surface area contributed by atoms with Gasteiger partial charge >= 0.3 is 0 Å². The van der Waals surface area contributed by atoms with Crippen LogP contribution in [-0.4, -0.2) is 37.4 Å². The van der Waals surface area contributed by atoms with Crippen molar-refractivity contribution in [3.63, 3.8) is 0 Å². The number of carbonyl (C=O) groups excluding carboxylic acids is 1. The molecule has 1 fully saturated rings. The molecule has 0 bridgehead atoms. The number of rotatable bonds is 4. The molecule has 0 N–H and O–H groups in total. The number of ketones is 1. The normalized spacial score (nSPS) is 17.2. The van der Waals surface area contributed by atoms with Crippen molar-refractivity contribution in [2.24, 2.45) is 5.92 Å². The van der Waals surface area contributed by atoms with Crippen molar-refractivity contribution in [2.45, 2.75) is 33.6 Å². The number of methoxy groups -OCH3 is 1. The number of likely N-dealkylation sites (tertiary alicyclic amines) is 1. The van der Waals surface area contributed by atoms with Crippen LogP contribution in [0, 0.1) is 19.8 Å². The number of benzene rings is 1. The largest absolute Gasteiger partial charge is 0.496 e. The van der Waals surface area contributed by atoms with E-state index in [4.69, 9.17) is 4.74 Å². The van der Waals surface area contributed by atoms with Crippen molar-refractivity contribution in [1.29, 1.82) is 0 Å². The molecule has 1 aliphatic rings. The standard InChI is InChI=1S/C17H25NO2/c1-12-5-7-18(8-6-12)11-16(19)15-10-13(2)9-14(3)17(15)20-4/h9-10,12H,5-8,11H2,1-4H3. The van der Waals surface area contributed by atoms with E-state index in [1.807, 2.05) is 19.9 Å². The van der Waals surface area contributed by atoms with E-state index in [0.29, 0.717) is 6.54 Å². The number of Topliss-reactive ketones (excluding diaryl/α,β-unsaturated/α-hetero) is 1. The molecule has 1 aromatic carbocycles. The van der Waals surface area contributed by atoms with E-state index < -0.39 is 0 Å². The summed E-state index contributed by atoms with van der Waals surface area (Å²) in [5.41, 5.74) is 2.87. The summed E-state index contributed by atoms with van der Waals surface area (Å²) in [7, 11) is 1.64. The van der Waals surface area contributed by atoms with Crippen LogP contribution >= 0.6 is 0 Å². The van der Waals surface area contributed by atoms with Crippen LogP contribution in [0.4, 0.5) is 0 Å². The molecule has 110 valence electrons. The monoisotopic (exact) mass is 275 g/mol. The summed E-state index contributed by atoms with van der Waals surface area (Å²) in [4.78, 5) is 14.8. The first-order valence-electron chi connectivity index (χ1n) is 7.42. The lowest BCUT2D eigenvalue weighted by Gasteiger charge is -2.29. The Bertz CT molecular complexity index is 488. The van der Waals surface area contributed by atoms with Crippen LogP contribution in [0.2, 0.25) is 0 Å². The van der Waals surface area contributed by atoms with Crippen molar-refractivity contribution in [3.8, 4) is 5.75 Å². The SMILES string of the molecule is COc1c(C)cc(C)cc1C(=O)CN1CCC(C)CC1. The molecule has 1 aromatic rings. The van der Waals surface area contributed by atoms with E-state index >= 15 is 0 Å². The van der Waals surface area contributed by atoms with Gasteiger partial charge in [-0.05, 0) is 62.9 Å². The molecule has 0 atom stereocenters. The molecular formula is C17H25NO2. The molecule has 0 aliphatic carbocycles. The van der Waals surface area contributed by atoms with E-state index in [1.54, 1.807) is 7.11 Å². The smallest absolute Gasteiger partial charge is 0.180 e. The van der Waals surface area contributed by atoms with E-state index in [9.17, 15) is 4.79 Å². The zero-order chi connectivity index (χ0) is 14.7. The molecule has 3 heteroatoms. The number of piperidine rings is 1. The first-order valence-corrected chi connectivity index (χ1v) is 7.42. The number of aryl methyl sites for hydroxylation is 2. The third-order valence-corrected chi connectivity index (χ3v) is 4.17. The molecular weight excluding hydrogens is 250 g/mol. The van der Waals surface area contributed by atoms with Crippen molar-refractivity contribution >= 4 is 5.78 Å². The summed E-state index contributed by atoms with van der Waals surface area (Å²) >= 11 is 0. The number of ether oxygens (including phenoxy) is 1. The molecule has 0 aromatic heterocycles. The van der Waals surface area contributed by atoms with Gasteiger partial charge in [0.05, 0.1) is 19.2 Å². The number of nitrogens with zero attached hydrogens (tertiary/aromatic N) is 1. The average molecular weight is 275 g/mol. The molecule has 20 heavy (non-hydrogen) atoms. The van der Waals surface area contributed by atoms with Crippen LogP contribution in [0.25, 0.3) is 0 Å². The second-order valence-electron chi connectivity index (χ2n) is 6.04. The fraction of sp³-hybridized carbons (Fsp3) is 0.588. The maximum Gasteiger partial charge on any atom is 0.180 e. The van der Waals surface area contributed by atoms with Gasteiger partial charge in [0.15, 0.2) is 5.78 Å². The second-order valence-corrected chi connectivity index (χ2v) is 6.04. The maximum atomic E-state index is 12.6. The Morgan fingerprint density at radius 1 is 1.30 bits per heavy atom. The minimum Gasteiger partial charge on any atom is -0.496 e. The first kappa shape index (κ1) is 15.0. The molecule has 0 amide bonds. The van der Waals surface area contributed by atoms with Crippen molar-refractivity contribution in [3.05, 3.63) is 28.8 Å². The zero-order valence-corrected chi connectivity index (χ0v) is 13.0. The molecule has 3 nitrogen and oxygen atoms in total. The van der Waals surface area contributed by atoms with Crippen molar-refractivity contribution in [2.75, 3.05) is 26.7 Å². The van der Waals surface area contributed by atoms with Gasteiger partial charge < -0.3 is 4.74 Å². The lowest BCUT2D eigenvalue weighted by molar-refractivity contribution is 0.0896. The van der Waals surface area contributed by atoms with Crippen LogP contribution in [0.15, 0.2) is 12.1 Å². The van der Waals surface area contributed by atoms with Gasteiger partial charge in [-0.2, -0.15) is 0 Å². The van der Waals surface area contributed by atoms with E-state index in [-0.39, 0.29) is 5.78 Å². The molecule has 0 spiro atoms. The fourth-order valence-electron chi connectivity index (χ4n) is 2.94. The molecule has 1 saturated heterocycles. The fourth-order valence-corrected chi connectivity index (χ4v) is 2.94. The Morgan fingerprint density at radius 3 is 2.55 bits per heavy atom. The number of carbonyl (C=O) groups is 1. The Hall–Kier alpha value is -1.35. The van der Waals surface area contributed by atoms with Gasteiger partial charge in [-0.1, -0.05) is 13.0 Å². The lowest BCUT2D eigenvalue weighted by atomic mass is 9.98. The predicted octanol–water partition coefficient (Wildman–Crippen LogP) is 3.23. The summed E-state index contributed by atoms with van der Waals surface area (Å²) in [6.07, 6.45) is 2.38. The molecule has 0 unspecified atom stereocenters. The topological polar surface area (TPSA) is 29.5 Å². The third kappa shape index (κ3) is 3.40. The zero-order valence-electron chi connectivity index (χ0n) is 13.0. The minimum atomic E-state index is 0.170. The first-order chi connectivity index (χ1) is 9.51. The minimum absolute atomic E-state index is 0.170. The highest BCUT2D eigenvalue weighted by atomic mass is 16.5. The van der Waals surface area contributed by atoms with Crippen LogP contribution < -0.4 is 4.74 Å². The highest BCUT2D eigenvalue weighted by Gasteiger charge is 2.21. The highest BCUT2D eigenvalue weighted by Crippen LogP contribution is 2.26. The van der Waals surface area contributed by atoms with E-state index in [0.717, 1.165) is 41.4 Å². The van der Waals surface area contributed by atoms with Gasteiger partial charge in [0.25, 0.3) is 0 Å². The Kier molecular flexibility index (Phi) is 4.81. The van der Waals surface area contributed by atoms with Gasteiger partial charge in [0.2, 0.25) is 0 Å². The second kappa shape index (κ2) is 6.40. The summed E-state index contributed by atoms with van der Waals surface area (Å²) in [5.74, 6) is 1.69. The summed E-state index contributed by atoms with van der Waals surface area (Å²) in [5, 5.41) is 0. The highest BCUT2D eigenvalue weighted by molar-refractivity contribution is 6.00. The molecule has 0 radical (unpaired) electrons. The summed E-state index contributed by atoms with van der Waals surface area (Å²) in [6, 6.07) is 4.00. The van der Waals surface area contributed by atoms with Gasteiger partial charge in [-0.3, -0.25) is 9.69 Å². The average Bonchev–Trinajstić information content (AvgIpc) is 2.40. The summed E-state index contributed by atoms with van der Waals surface area (Å²) < 4.78 is 5.42. The van der Waals surface area contributed by atoms with Gasteiger partial charge in [0, 0.05) is 0 Å². The third-order valence-electron chi connectivity index (χ3n) is 4.17. The van der Waals surface area contributed by atoms with Gasteiger partial charge in [-0.25, -0.2) is 0 Å². The predicted molar refractivity (Wildman–Crippen MR) is 81.6 cm³/mol. The Labute approximate surface area is 121 Å². The molecule has 1 heterocycles. The van der Waals surface area contributed by atoms with Gasteiger partial charge in [-0.15, -0.1) is 0 Å². The van der Waals surface area contributed by atoms with E-state index in [2.05, 4.69) is 17.9 Å². The Morgan fingerprint density at radius 2 is 1.95 bits per heavy atom. The number of hydrogen-bond acceptors (Lipinski definition) is 3. The van der Waals surface area contributed by atoms with Crippen LogP contribution in [0.3, 0.4) is 0 Å². The van der Waals surface area contributed by atoms with Crippen molar-refractivity contribution in [1.82, 2.24) is 4.90 Å². The van der Waals surface area contributed by atoms with Crippen LogP contribution in [-0.2, 0) is 0 Å². The summed E-state index contributed by atoms with van der Waals surface area (Å²) in [6.45, 7) is 8.86. The molecule has 2 rings (SSSR count). The van der Waals surface area contributed by atoms with Crippen LogP contribution in [0.5, 0.6) is 5.75 Å². The number of hydrogen-bond donors (Lipinski definition) is 0. The van der Waals surface area contributed by atoms with Crippen LogP contribution in [0.1, 0.15) is 41.3 Å². The van der Waals surface area contributed by atoms with Gasteiger partial charge in [0.1, 0.15) is 5.75 Å². The Balaban J connectivity index is 2.13. The van der Waals surface area contributed by atoms with Crippen molar-refractivity contribution < 1.29 is 9.53 Å². The molecule has 0 saturated carbocycles. The lowest BCUT2D eigenvalue weighted by Crippen LogP contribution is -2.36. The quantitative estimate of drug-likeness (QED) is 0.790.